The Balaban J connectivity index is 0.00000576. The molecule has 0 aliphatic rings. The van der Waals surface area contributed by atoms with E-state index in [9.17, 15) is 25.0 Å². The van der Waals surface area contributed by atoms with Crippen LogP contribution in [-0.4, -0.2) is 34.4 Å². The number of hydrogen-bond donors (Lipinski definition) is 5. The molecule has 0 unspecified atom stereocenters. The third kappa shape index (κ3) is 8.31. The summed E-state index contributed by atoms with van der Waals surface area (Å²) in [5, 5.41) is 32.3. The highest BCUT2D eigenvalue weighted by Crippen LogP contribution is 2.15. The van der Waals surface area contributed by atoms with E-state index in [4.69, 9.17) is 11.1 Å². The second-order valence-corrected chi connectivity index (χ2v) is 4.71. The molecule has 12 nitrogen and oxygen atoms in total. The van der Waals surface area contributed by atoms with Gasteiger partial charge in [0.15, 0.2) is 17.0 Å². The molecule has 0 saturated carbocycles. The van der Waals surface area contributed by atoms with Gasteiger partial charge in [-0.25, -0.2) is 10.1 Å². The first-order chi connectivity index (χ1) is 11.3. The van der Waals surface area contributed by atoms with Crippen molar-refractivity contribution >= 4 is 35.6 Å². The molecule has 0 radical (unpaired) electrons. The zero-order valence-corrected chi connectivity index (χ0v) is 13.7. The summed E-state index contributed by atoms with van der Waals surface area (Å²) in [7, 11) is 0. The van der Waals surface area contributed by atoms with Gasteiger partial charge in [-0.1, -0.05) is 0 Å². The Labute approximate surface area is 148 Å². The first-order valence-corrected chi connectivity index (χ1v) is 6.83. The number of anilines is 1. The lowest BCUT2D eigenvalue weighted by Gasteiger charge is -2.14. The van der Waals surface area contributed by atoms with Crippen molar-refractivity contribution in [1.82, 2.24) is 10.7 Å². The molecule has 13 heteroatoms. The maximum Gasteiger partial charge on any atom is 0.269 e. The molecule has 1 aromatic rings. The van der Waals surface area contributed by atoms with Gasteiger partial charge < -0.3 is 16.4 Å². The minimum absolute atomic E-state index is 0. The number of nitro benzene ring substituents is 1. The summed E-state index contributed by atoms with van der Waals surface area (Å²) in [6.07, 6.45) is 0.485. The number of carbonyl (C=O) groups excluding carboxylic acids is 1. The fourth-order valence-electron chi connectivity index (χ4n) is 1.81. The second-order valence-electron chi connectivity index (χ2n) is 4.71. The van der Waals surface area contributed by atoms with E-state index in [2.05, 4.69) is 10.6 Å². The summed E-state index contributed by atoms with van der Waals surface area (Å²) < 4.78 is 0. The number of hydrogen-bond acceptors (Lipinski definition) is 6. The van der Waals surface area contributed by atoms with Gasteiger partial charge in [-0.15, -0.1) is 17.8 Å². The molecule has 0 saturated heterocycles. The van der Waals surface area contributed by atoms with Crippen LogP contribution in [0.15, 0.2) is 24.3 Å². The highest BCUT2D eigenvalue weighted by molar-refractivity contribution is 5.94. The highest BCUT2D eigenvalue weighted by Gasteiger charge is 2.22. The van der Waals surface area contributed by atoms with Crippen molar-refractivity contribution in [1.29, 1.82) is 5.41 Å². The van der Waals surface area contributed by atoms with Crippen LogP contribution in [0.3, 0.4) is 0 Å². The molecule has 0 bridgehead atoms. The number of hydrazine groups is 1. The number of nitrogens with two attached hydrogens (primary N) is 1. The largest absolute Gasteiger partial charge is 0.370 e. The van der Waals surface area contributed by atoms with Crippen LogP contribution in [0.25, 0.3) is 0 Å². The molecule has 6 N–H and O–H groups in total. The van der Waals surface area contributed by atoms with Crippen LogP contribution in [0.5, 0.6) is 0 Å². The molecule has 0 aliphatic carbocycles. The summed E-state index contributed by atoms with van der Waals surface area (Å²) >= 11 is 0. The van der Waals surface area contributed by atoms with Gasteiger partial charge in [-0.05, 0) is 25.0 Å². The quantitative estimate of drug-likeness (QED) is 0.134. The second kappa shape index (κ2) is 10.6. The number of benzene rings is 1. The Bertz CT molecular complexity index is 625. The molecule has 25 heavy (non-hydrogen) atoms. The van der Waals surface area contributed by atoms with Gasteiger partial charge in [-0.2, -0.15) is 0 Å². The molecule has 1 aromatic carbocycles. The molecule has 0 fully saturated rings. The topological polar surface area (TPSA) is 189 Å². The van der Waals surface area contributed by atoms with Crippen LogP contribution in [0.1, 0.15) is 12.8 Å². The third-order valence-corrected chi connectivity index (χ3v) is 2.91. The monoisotopic (exact) mass is 375 g/mol. The Morgan fingerprint density at radius 2 is 1.84 bits per heavy atom. The van der Waals surface area contributed by atoms with Crippen LogP contribution < -0.4 is 21.8 Å². The number of nitro groups is 2. The Morgan fingerprint density at radius 3 is 2.32 bits per heavy atom. The number of halogens is 1. The van der Waals surface area contributed by atoms with Gasteiger partial charge in [0.1, 0.15) is 0 Å². The predicted molar refractivity (Wildman–Crippen MR) is 92.0 cm³/mol. The van der Waals surface area contributed by atoms with Gasteiger partial charge in [-0.3, -0.25) is 20.3 Å². The third-order valence-electron chi connectivity index (χ3n) is 2.91. The van der Waals surface area contributed by atoms with Crippen molar-refractivity contribution in [3.05, 3.63) is 44.5 Å². The number of amides is 1. The Morgan fingerprint density at radius 1 is 1.24 bits per heavy atom. The summed E-state index contributed by atoms with van der Waals surface area (Å²) in [6.45, 7) is 0.288. The van der Waals surface area contributed by atoms with Gasteiger partial charge in [0.05, 0.1) is 4.92 Å². The van der Waals surface area contributed by atoms with Crippen molar-refractivity contribution in [3.63, 3.8) is 0 Å². The summed E-state index contributed by atoms with van der Waals surface area (Å²) in [4.78, 5) is 32.7. The molecule has 1 amide bonds. The van der Waals surface area contributed by atoms with E-state index in [1.807, 2.05) is 5.43 Å². The van der Waals surface area contributed by atoms with Crippen LogP contribution in [0.4, 0.5) is 11.4 Å². The van der Waals surface area contributed by atoms with E-state index >= 15 is 0 Å². The fourth-order valence-corrected chi connectivity index (χ4v) is 1.81. The lowest BCUT2D eigenvalue weighted by atomic mass is 10.1. The molecule has 1 atom stereocenters. The van der Waals surface area contributed by atoms with Crippen molar-refractivity contribution in [2.45, 2.75) is 18.9 Å². The van der Waals surface area contributed by atoms with Crippen LogP contribution in [0.2, 0.25) is 0 Å². The molecule has 0 heterocycles. The van der Waals surface area contributed by atoms with Crippen LogP contribution in [0, 0.1) is 25.6 Å². The van der Waals surface area contributed by atoms with Crippen LogP contribution >= 0.6 is 12.4 Å². The molecular weight excluding hydrogens is 358 g/mol. The predicted octanol–water partition coefficient (Wildman–Crippen LogP) is 0.368. The molecule has 0 aromatic heterocycles. The number of guanidine groups is 1. The lowest BCUT2D eigenvalue weighted by Crippen LogP contribution is -2.44. The number of carbonyl (C=O) groups is 1. The Kier molecular flexibility index (Phi) is 9.26. The zero-order valence-electron chi connectivity index (χ0n) is 12.9. The van der Waals surface area contributed by atoms with Crippen molar-refractivity contribution < 1.29 is 14.8 Å². The van der Waals surface area contributed by atoms with E-state index < -0.39 is 21.9 Å². The van der Waals surface area contributed by atoms with Gasteiger partial charge >= 0.3 is 0 Å². The van der Waals surface area contributed by atoms with E-state index in [1.54, 1.807) is 0 Å². The van der Waals surface area contributed by atoms with Crippen molar-refractivity contribution in [3.8, 4) is 0 Å². The maximum atomic E-state index is 12.1. The number of rotatable bonds is 9. The first-order valence-electron chi connectivity index (χ1n) is 6.83. The summed E-state index contributed by atoms with van der Waals surface area (Å²) in [5.74, 6) is -0.882. The average Bonchev–Trinajstić information content (AvgIpc) is 2.50. The first kappa shape index (κ1) is 21.9. The maximum absolute atomic E-state index is 12.1. The smallest absolute Gasteiger partial charge is 0.269 e. The summed E-state index contributed by atoms with van der Waals surface area (Å²) in [6, 6.07) is 3.97. The lowest BCUT2D eigenvalue weighted by molar-refractivity contribution is -0.548. The summed E-state index contributed by atoms with van der Waals surface area (Å²) in [5.41, 5.74) is 7.16. The molecular formula is C12H18ClN7O5. The fraction of sp³-hybridized carbons (Fsp3) is 0.333. The standard InChI is InChI=1S/C12H17N7O5.ClH/c13-12(14)15-7-1-2-10(17-19(23)24)11(20)16-8-3-5-9(6-4-8)18(21)22;/h3-6,10,17H,1-2,7H2,(H,16,20)(H4,13,14,15);1H/t10-;/m0./s1. The van der Waals surface area contributed by atoms with E-state index in [0.717, 1.165) is 0 Å². The molecule has 1 rings (SSSR count). The molecule has 0 spiro atoms. The van der Waals surface area contributed by atoms with E-state index in [-0.39, 0.29) is 42.7 Å². The minimum Gasteiger partial charge on any atom is -0.370 e. The average molecular weight is 376 g/mol. The van der Waals surface area contributed by atoms with E-state index in [0.29, 0.717) is 6.42 Å². The Hall–Kier alpha value is -3.15. The number of nitrogens with one attached hydrogen (secondary N) is 4. The van der Waals surface area contributed by atoms with Crippen molar-refractivity contribution in [2.75, 3.05) is 11.9 Å². The van der Waals surface area contributed by atoms with Gasteiger partial charge in [0, 0.05) is 24.4 Å². The van der Waals surface area contributed by atoms with Crippen molar-refractivity contribution in [2.24, 2.45) is 5.73 Å². The molecule has 0 aliphatic heterocycles. The van der Waals surface area contributed by atoms with Gasteiger partial charge in [0.2, 0.25) is 0 Å². The van der Waals surface area contributed by atoms with Crippen LogP contribution in [-0.2, 0) is 4.79 Å². The highest BCUT2D eigenvalue weighted by atomic mass is 35.5. The zero-order chi connectivity index (χ0) is 18.1. The van der Waals surface area contributed by atoms with E-state index in [1.165, 1.54) is 24.3 Å². The minimum atomic E-state index is -1.11. The number of non-ortho nitro benzene ring substituents is 1. The SMILES string of the molecule is Cl.N=C(N)NCCC[C@H](N[N+](=O)[O-])C(=O)Nc1ccc([N+](=O)[O-])cc1. The van der Waals surface area contributed by atoms with Gasteiger partial charge in [0.25, 0.3) is 11.6 Å². The normalized spacial score (nSPS) is 10.7. The molecule has 138 valence electrons. The number of nitrogens with zero attached hydrogens (tertiary/aromatic N) is 2.